The van der Waals surface area contributed by atoms with E-state index in [-0.39, 0.29) is 0 Å². The van der Waals surface area contributed by atoms with Crippen molar-refractivity contribution in [3.63, 3.8) is 0 Å². The standard InChI is InChI=1S/C14H28N2O/c1-17-14-8-4-3-7-13(14)15-9-12-16-10-5-2-6-11-16/h13-15H,2-12H2,1H3. The third kappa shape index (κ3) is 4.23. The average Bonchev–Trinajstić information content (AvgIpc) is 2.40. The maximum Gasteiger partial charge on any atom is 0.0724 e. The van der Waals surface area contributed by atoms with E-state index in [9.17, 15) is 0 Å². The van der Waals surface area contributed by atoms with Crippen LogP contribution in [0.3, 0.4) is 0 Å². The fourth-order valence-electron chi connectivity index (χ4n) is 3.20. The SMILES string of the molecule is COC1CCCCC1NCCN1CCCCC1. The van der Waals surface area contributed by atoms with E-state index in [0.29, 0.717) is 12.1 Å². The van der Waals surface area contributed by atoms with Gasteiger partial charge in [0.05, 0.1) is 6.10 Å². The maximum atomic E-state index is 5.57. The molecular formula is C14H28N2O. The lowest BCUT2D eigenvalue weighted by molar-refractivity contribution is 0.0408. The lowest BCUT2D eigenvalue weighted by Gasteiger charge is -2.32. The zero-order valence-corrected chi connectivity index (χ0v) is 11.3. The van der Waals surface area contributed by atoms with Crippen molar-refractivity contribution in [3.8, 4) is 0 Å². The number of nitrogens with one attached hydrogen (secondary N) is 1. The molecule has 3 heteroatoms. The number of methoxy groups -OCH3 is 1. The topological polar surface area (TPSA) is 24.5 Å². The summed E-state index contributed by atoms with van der Waals surface area (Å²) in [4.78, 5) is 2.60. The molecule has 0 amide bonds. The Kier molecular flexibility index (Phi) is 5.75. The molecule has 1 heterocycles. The average molecular weight is 240 g/mol. The highest BCUT2D eigenvalue weighted by Crippen LogP contribution is 2.20. The first kappa shape index (κ1) is 13.3. The van der Waals surface area contributed by atoms with Crippen LogP contribution in [0.1, 0.15) is 44.9 Å². The van der Waals surface area contributed by atoms with Gasteiger partial charge in [-0.2, -0.15) is 0 Å². The van der Waals surface area contributed by atoms with Gasteiger partial charge >= 0.3 is 0 Å². The van der Waals surface area contributed by atoms with Crippen molar-refractivity contribution in [2.45, 2.75) is 57.1 Å². The Bertz CT molecular complexity index is 204. The molecule has 0 aromatic heterocycles. The molecule has 0 aromatic carbocycles. The van der Waals surface area contributed by atoms with Gasteiger partial charge in [-0.15, -0.1) is 0 Å². The summed E-state index contributed by atoms with van der Waals surface area (Å²) in [6, 6.07) is 0.596. The van der Waals surface area contributed by atoms with E-state index in [1.165, 1.54) is 64.6 Å². The van der Waals surface area contributed by atoms with Crippen molar-refractivity contribution < 1.29 is 4.74 Å². The van der Waals surface area contributed by atoms with Gasteiger partial charge in [-0.05, 0) is 38.8 Å². The fourth-order valence-corrected chi connectivity index (χ4v) is 3.20. The van der Waals surface area contributed by atoms with Crippen LogP contribution in [-0.2, 0) is 4.74 Å². The molecule has 17 heavy (non-hydrogen) atoms. The second kappa shape index (κ2) is 7.34. The molecule has 2 fully saturated rings. The molecule has 0 radical (unpaired) electrons. The van der Waals surface area contributed by atoms with Crippen LogP contribution >= 0.6 is 0 Å². The van der Waals surface area contributed by atoms with Crippen LogP contribution in [0.4, 0.5) is 0 Å². The molecule has 0 spiro atoms. The number of rotatable bonds is 5. The summed E-state index contributed by atoms with van der Waals surface area (Å²) in [5.41, 5.74) is 0. The first-order valence-electron chi connectivity index (χ1n) is 7.38. The molecule has 0 aromatic rings. The Labute approximate surface area is 106 Å². The van der Waals surface area contributed by atoms with Gasteiger partial charge in [0, 0.05) is 26.2 Å². The van der Waals surface area contributed by atoms with Crippen LogP contribution in [-0.4, -0.2) is 50.3 Å². The molecule has 2 unspecified atom stereocenters. The lowest BCUT2D eigenvalue weighted by atomic mass is 9.92. The van der Waals surface area contributed by atoms with Gasteiger partial charge < -0.3 is 15.0 Å². The predicted octanol–water partition coefficient (Wildman–Crippen LogP) is 2.02. The van der Waals surface area contributed by atoms with Crippen LogP contribution in [0.5, 0.6) is 0 Å². The van der Waals surface area contributed by atoms with E-state index in [1.807, 2.05) is 7.11 Å². The summed E-state index contributed by atoms with van der Waals surface area (Å²) in [5.74, 6) is 0. The number of nitrogens with zero attached hydrogens (tertiary/aromatic N) is 1. The number of likely N-dealkylation sites (tertiary alicyclic amines) is 1. The van der Waals surface area contributed by atoms with Crippen LogP contribution in [0, 0.1) is 0 Å². The van der Waals surface area contributed by atoms with Gasteiger partial charge in [-0.1, -0.05) is 19.3 Å². The number of hydrogen-bond acceptors (Lipinski definition) is 3. The molecule has 0 bridgehead atoms. The van der Waals surface area contributed by atoms with E-state index in [2.05, 4.69) is 10.2 Å². The highest BCUT2D eigenvalue weighted by Gasteiger charge is 2.24. The van der Waals surface area contributed by atoms with Gasteiger partial charge in [0.25, 0.3) is 0 Å². The zero-order valence-electron chi connectivity index (χ0n) is 11.3. The Morgan fingerprint density at radius 3 is 2.59 bits per heavy atom. The second-order valence-corrected chi connectivity index (χ2v) is 5.52. The van der Waals surface area contributed by atoms with Gasteiger partial charge in [0.15, 0.2) is 0 Å². The van der Waals surface area contributed by atoms with Crippen LogP contribution in [0.2, 0.25) is 0 Å². The minimum absolute atomic E-state index is 0.449. The third-order valence-electron chi connectivity index (χ3n) is 4.29. The first-order chi connectivity index (χ1) is 8.40. The molecule has 1 saturated heterocycles. The van der Waals surface area contributed by atoms with Crippen molar-refractivity contribution in [1.82, 2.24) is 10.2 Å². The maximum absolute atomic E-state index is 5.57. The predicted molar refractivity (Wildman–Crippen MR) is 71.3 cm³/mol. The highest BCUT2D eigenvalue weighted by molar-refractivity contribution is 4.82. The summed E-state index contributed by atoms with van der Waals surface area (Å²) in [7, 11) is 1.86. The first-order valence-corrected chi connectivity index (χ1v) is 7.38. The van der Waals surface area contributed by atoms with Gasteiger partial charge in [0.1, 0.15) is 0 Å². The van der Waals surface area contributed by atoms with Crippen LogP contribution in [0.15, 0.2) is 0 Å². The highest BCUT2D eigenvalue weighted by atomic mass is 16.5. The molecule has 2 atom stereocenters. The largest absolute Gasteiger partial charge is 0.380 e. The summed E-state index contributed by atoms with van der Waals surface area (Å²) in [5, 5.41) is 3.70. The number of ether oxygens (including phenoxy) is 1. The monoisotopic (exact) mass is 240 g/mol. The third-order valence-corrected chi connectivity index (χ3v) is 4.29. The minimum atomic E-state index is 0.449. The molecule has 1 saturated carbocycles. The Balaban J connectivity index is 1.62. The zero-order chi connectivity index (χ0) is 11.9. The Morgan fingerprint density at radius 2 is 1.82 bits per heavy atom. The molecular weight excluding hydrogens is 212 g/mol. The Hall–Kier alpha value is -0.120. The molecule has 1 aliphatic carbocycles. The summed E-state index contributed by atoms with van der Waals surface area (Å²) in [6.07, 6.45) is 9.89. The molecule has 3 nitrogen and oxygen atoms in total. The normalized spacial score (nSPS) is 31.6. The smallest absolute Gasteiger partial charge is 0.0724 e. The van der Waals surface area contributed by atoms with Gasteiger partial charge in [-0.3, -0.25) is 0 Å². The van der Waals surface area contributed by atoms with E-state index >= 15 is 0 Å². The molecule has 100 valence electrons. The van der Waals surface area contributed by atoms with Crippen molar-refractivity contribution in [2.24, 2.45) is 0 Å². The molecule has 2 aliphatic rings. The van der Waals surface area contributed by atoms with E-state index in [4.69, 9.17) is 4.74 Å². The molecule has 2 rings (SSSR count). The van der Waals surface area contributed by atoms with Gasteiger partial charge in [-0.25, -0.2) is 0 Å². The van der Waals surface area contributed by atoms with Crippen LogP contribution in [0.25, 0.3) is 0 Å². The summed E-state index contributed by atoms with van der Waals surface area (Å²) >= 11 is 0. The van der Waals surface area contributed by atoms with Crippen LogP contribution < -0.4 is 5.32 Å². The quantitative estimate of drug-likeness (QED) is 0.795. The number of piperidine rings is 1. The van der Waals surface area contributed by atoms with E-state index in [0.717, 1.165) is 6.54 Å². The van der Waals surface area contributed by atoms with E-state index in [1.54, 1.807) is 0 Å². The van der Waals surface area contributed by atoms with Gasteiger partial charge in [0.2, 0.25) is 0 Å². The van der Waals surface area contributed by atoms with Crippen molar-refractivity contribution in [2.75, 3.05) is 33.3 Å². The minimum Gasteiger partial charge on any atom is -0.380 e. The van der Waals surface area contributed by atoms with Crippen molar-refractivity contribution in [1.29, 1.82) is 0 Å². The summed E-state index contributed by atoms with van der Waals surface area (Å²) in [6.45, 7) is 4.96. The second-order valence-electron chi connectivity index (χ2n) is 5.52. The molecule has 1 aliphatic heterocycles. The number of hydrogen-bond donors (Lipinski definition) is 1. The Morgan fingerprint density at radius 1 is 1.06 bits per heavy atom. The van der Waals surface area contributed by atoms with Crippen molar-refractivity contribution >= 4 is 0 Å². The van der Waals surface area contributed by atoms with Crippen molar-refractivity contribution in [3.05, 3.63) is 0 Å². The molecule has 1 N–H and O–H groups in total. The fraction of sp³-hybridized carbons (Fsp3) is 1.00. The lowest BCUT2D eigenvalue weighted by Crippen LogP contribution is -2.46. The summed E-state index contributed by atoms with van der Waals surface area (Å²) < 4.78 is 5.57. The van der Waals surface area contributed by atoms with E-state index < -0.39 is 0 Å².